The van der Waals surface area contributed by atoms with Crippen molar-refractivity contribution >= 4 is 23.3 Å². The minimum atomic E-state index is -0.143. The molecule has 0 spiro atoms. The van der Waals surface area contributed by atoms with Crippen molar-refractivity contribution < 1.29 is 4.79 Å². The second kappa shape index (κ2) is 6.78. The number of rotatable bonds is 3. The molecular formula is C14H20ClN3O. The Kier molecular flexibility index (Phi) is 5.05. The third kappa shape index (κ3) is 4.40. The number of nitrogens with one attached hydrogen (secondary N) is 3. The Balaban J connectivity index is 1.77. The minimum absolute atomic E-state index is 0.143. The normalized spacial score (nSPS) is 22.8. The van der Waals surface area contributed by atoms with E-state index in [0.29, 0.717) is 11.1 Å². The number of benzene rings is 1. The fourth-order valence-electron chi connectivity index (χ4n) is 2.41. The van der Waals surface area contributed by atoms with E-state index in [1.54, 1.807) is 24.3 Å². The van der Waals surface area contributed by atoms with Gasteiger partial charge in [-0.1, -0.05) is 11.6 Å². The van der Waals surface area contributed by atoms with Gasteiger partial charge in [-0.15, -0.1) is 0 Å². The van der Waals surface area contributed by atoms with E-state index in [1.807, 2.05) is 7.05 Å². The Morgan fingerprint density at radius 3 is 2.26 bits per heavy atom. The molecule has 1 aromatic carbocycles. The van der Waals surface area contributed by atoms with E-state index in [2.05, 4.69) is 16.0 Å². The molecule has 0 saturated heterocycles. The molecule has 0 aliphatic heterocycles. The lowest BCUT2D eigenvalue weighted by atomic mass is 9.91. The van der Waals surface area contributed by atoms with Crippen LogP contribution >= 0.6 is 11.6 Å². The number of carbonyl (C=O) groups excluding carboxylic acids is 1. The third-order valence-corrected chi connectivity index (χ3v) is 3.82. The molecule has 4 nitrogen and oxygen atoms in total. The van der Waals surface area contributed by atoms with Gasteiger partial charge in [0.1, 0.15) is 0 Å². The smallest absolute Gasteiger partial charge is 0.319 e. The van der Waals surface area contributed by atoms with Gasteiger partial charge in [-0.05, 0) is 57.0 Å². The zero-order valence-electron chi connectivity index (χ0n) is 11.1. The first-order valence-corrected chi connectivity index (χ1v) is 7.05. The summed E-state index contributed by atoms with van der Waals surface area (Å²) in [6.45, 7) is 0. The number of hydrogen-bond donors (Lipinski definition) is 3. The first-order chi connectivity index (χ1) is 9.17. The van der Waals surface area contributed by atoms with E-state index >= 15 is 0 Å². The highest BCUT2D eigenvalue weighted by molar-refractivity contribution is 6.30. The van der Waals surface area contributed by atoms with Crippen LogP contribution in [0.1, 0.15) is 25.7 Å². The van der Waals surface area contributed by atoms with Crippen molar-refractivity contribution in [1.82, 2.24) is 10.6 Å². The van der Waals surface area contributed by atoms with Crippen molar-refractivity contribution in [2.45, 2.75) is 37.8 Å². The van der Waals surface area contributed by atoms with E-state index < -0.39 is 0 Å². The van der Waals surface area contributed by atoms with Gasteiger partial charge in [0, 0.05) is 22.8 Å². The molecule has 0 atom stereocenters. The number of hydrogen-bond acceptors (Lipinski definition) is 2. The van der Waals surface area contributed by atoms with E-state index in [9.17, 15) is 4.79 Å². The van der Waals surface area contributed by atoms with Crippen molar-refractivity contribution in [3.8, 4) is 0 Å². The minimum Gasteiger partial charge on any atom is -0.335 e. The van der Waals surface area contributed by atoms with Gasteiger partial charge in [0.25, 0.3) is 0 Å². The second-order valence-corrected chi connectivity index (χ2v) is 5.38. The highest BCUT2D eigenvalue weighted by Gasteiger charge is 2.21. The zero-order chi connectivity index (χ0) is 13.7. The van der Waals surface area contributed by atoms with Crippen LogP contribution in [0, 0.1) is 0 Å². The molecule has 19 heavy (non-hydrogen) atoms. The van der Waals surface area contributed by atoms with Crippen LogP contribution in [0.4, 0.5) is 10.5 Å². The largest absolute Gasteiger partial charge is 0.335 e. The molecule has 1 aliphatic rings. The lowest BCUT2D eigenvalue weighted by molar-refractivity contribution is 0.241. The monoisotopic (exact) mass is 281 g/mol. The van der Waals surface area contributed by atoms with Crippen molar-refractivity contribution in [2.24, 2.45) is 0 Å². The Bertz CT molecular complexity index is 413. The quantitative estimate of drug-likeness (QED) is 0.798. The van der Waals surface area contributed by atoms with E-state index in [1.165, 1.54) is 0 Å². The Morgan fingerprint density at radius 2 is 1.68 bits per heavy atom. The highest BCUT2D eigenvalue weighted by atomic mass is 35.5. The van der Waals surface area contributed by atoms with Crippen molar-refractivity contribution in [2.75, 3.05) is 12.4 Å². The van der Waals surface area contributed by atoms with Crippen LogP contribution in [-0.2, 0) is 0 Å². The number of carbonyl (C=O) groups is 1. The average Bonchev–Trinajstić information content (AvgIpc) is 2.42. The van der Waals surface area contributed by atoms with Crippen LogP contribution in [0.25, 0.3) is 0 Å². The molecule has 3 N–H and O–H groups in total. The molecule has 1 aliphatic carbocycles. The van der Waals surface area contributed by atoms with Crippen LogP contribution < -0.4 is 16.0 Å². The van der Waals surface area contributed by atoms with Crippen LogP contribution in [0.15, 0.2) is 24.3 Å². The Hall–Kier alpha value is -1.26. The summed E-state index contributed by atoms with van der Waals surface area (Å²) in [4.78, 5) is 11.8. The standard InChI is InChI=1S/C14H20ClN3O/c1-16-11-6-8-13(9-7-11)18-14(19)17-12-4-2-10(15)3-5-12/h2-5,11,13,16H,6-9H2,1H3,(H2,17,18,19). The molecule has 5 heteroatoms. The maximum absolute atomic E-state index is 11.8. The average molecular weight is 282 g/mol. The Morgan fingerprint density at radius 1 is 1.11 bits per heavy atom. The molecule has 1 aromatic rings. The predicted molar refractivity (Wildman–Crippen MR) is 78.7 cm³/mol. The summed E-state index contributed by atoms with van der Waals surface area (Å²) in [5.41, 5.74) is 0.755. The molecule has 0 bridgehead atoms. The second-order valence-electron chi connectivity index (χ2n) is 4.94. The van der Waals surface area contributed by atoms with Gasteiger partial charge in [0.15, 0.2) is 0 Å². The van der Waals surface area contributed by atoms with E-state index in [0.717, 1.165) is 31.4 Å². The zero-order valence-corrected chi connectivity index (χ0v) is 11.8. The summed E-state index contributed by atoms with van der Waals surface area (Å²) in [5.74, 6) is 0. The maximum Gasteiger partial charge on any atom is 0.319 e. The van der Waals surface area contributed by atoms with Gasteiger partial charge in [0.2, 0.25) is 0 Å². The van der Waals surface area contributed by atoms with Crippen LogP contribution in [0.2, 0.25) is 5.02 Å². The molecule has 2 rings (SSSR count). The molecule has 0 unspecified atom stereocenters. The van der Waals surface area contributed by atoms with Crippen LogP contribution in [-0.4, -0.2) is 25.2 Å². The van der Waals surface area contributed by atoms with E-state index in [4.69, 9.17) is 11.6 Å². The molecule has 0 heterocycles. The first-order valence-electron chi connectivity index (χ1n) is 6.67. The molecule has 1 saturated carbocycles. The fourth-order valence-corrected chi connectivity index (χ4v) is 2.54. The van der Waals surface area contributed by atoms with Crippen molar-refractivity contribution in [3.05, 3.63) is 29.3 Å². The maximum atomic E-state index is 11.8. The molecule has 0 radical (unpaired) electrons. The van der Waals surface area contributed by atoms with E-state index in [-0.39, 0.29) is 12.1 Å². The van der Waals surface area contributed by atoms with Crippen molar-refractivity contribution in [3.63, 3.8) is 0 Å². The van der Waals surface area contributed by atoms with Crippen LogP contribution in [0.5, 0.6) is 0 Å². The summed E-state index contributed by atoms with van der Waals surface area (Å²) in [7, 11) is 1.99. The number of halogens is 1. The first kappa shape index (κ1) is 14.2. The topological polar surface area (TPSA) is 53.2 Å². The summed E-state index contributed by atoms with van der Waals surface area (Å²) in [5, 5.41) is 9.78. The molecule has 0 aromatic heterocycles. The van der Waals surface area contributed by atoms with Gasteiger partial charge in [-0.25, -0.2) is 4.79 Å². The molecule has 104 valence electrons. The van der Waals surface area contributed by atoms with Gasteiger partial charge in [-0.2, -0.15) is 0 Å². The summed E-state index contributed by atoms with van der Waals surface area (Å²) >= 11 is 5.80. The van der Waals surface area contributed by atoms with Gasteiger partial charge in [0.05, 0.1) is 0 Å². The van der Waals surface area contributed by atoms with Crippen molar-refractivity contribution in [1.29, 1.82) is 0 Å². The predicted octanol–water partition coefficient (Wildman–Crippen LogP) is 2.99. The SMILES string of the molecule is CNC1CCC(NC(=O)Nc2ccc(Cl)cc2)CC1. The number of anilines is 1. The van der Waals surface area contributed by atoms with Gasteiger partial charge < -0.3 is 16.0 Å². The highest BCUT2D eigenvalue weighted by Crippen LogP contribution is 2.18. The summed E-state index contributed by atoms with van der Waals surface area (Å²) in [6, 6.07) is 7.83. The molecular weight excluding hydrogens is 262 g/mol. The lowest BCUT2D eigenvalue weighted by Gasteiger charge is -2.28. The summed E-state index contributed by atoms with van der Waals surface area (Å²) in [6.07, 6.45) is 4.28. The number of amides is 2. The molecule has 2 amide bonds. The van der Waals surface area contributed by atoms with Crippen LogP contribution in [0.3, 0.4) is 0 Å². The Labute approximate surface area is 118 Å². The molecule has 1 fully saturated rings. The fraction of sp³-hybridized carbons (Fsp3) is 0.500. The summed E-state index contributed by atoms with van der Waals surface area (Å²) < 4.78 is 0. The lowest BCUT2D eigenvalue weighted by Crippen LogP contribution is -2.43. The third-order valence-electron chi connectivity index (χ3n) is 3.57. The van der Waals surface area contributed by atoms with Gasteiger partial charge >= 0.3 is 6.03 Å². The number of urea groups is 1. The van der Waals surface area contributed by atoms with Gasteiger partial charge in [-0.3, -0.25) is 0 Å².